The van der Waals surface area contributed by atoms with Crippen molar-refractivity contribution in [2.75, 3.05) is 20.1 Å². The van der Waals surface area contributed by atoms with E-state index in [0.717, 1.165) is 29.3 Å². The number of fused-ring (bicyclic) bond motifs is 1. The van der Waals surface area contributed by atoms with Crippen LogP contribution >= 0.6 is 23.2 Å². The van der Waals surface area contributed by atoms with E-state index in [4.69, 9.17) is 28.3 Å². The predicted octanol–water partition coefficient (Wildman–Crippen LogP) is 4.63. The number of hydrogen-bond donors (Lipinski definition) is 1. The van der Waals surface area contributed by atoms with E-state index < -0.39 is 5.97 Å². The number of benzene rings is 2. The lowest BCUT2D eigenvalue weighted by molar-refractivity contribution is -0.138. The standard InChI is InChI=1S/C20H21Cl2NO2/c1-23(13-19(24)25)11-10-20(15-2-4-16(21)5-3-15)9-8-14-12-17(22)6-7-18(14)20/h2-7,12H,8-11,13H2,1H3,(H,24,25)/t20-/m1/s1. The number of nitrogens with zero attached hydrogens (tertiary/aromatic N) is 1. The Morgan fingerprint density at radius 3 is 2.52 bits per heavy atom. The zero-order valence-electron chi connectivity index (χ0n) is 14.1. The molecular formula is C20H21Cl2NO2. The normalized spacial score (nSPS) is 19.2. The molecule has 5 heteroatoms. The third kappa shape index (κ3) is 3.84. The zero-order chi connectivity index (χ0) is 18.0. The van der Waals surface area contributed by atoms with Gasteiger partial charge in [-0.3, -0.25) is 9.69 Å². The molecule has 132 valence electrons. The Labute approximate surface area is 158 Å². The molecule has 1 aliphatic rings. The van der Waals surface area contributed by atoms with Crippen molar-refractivity contribution in [1.29, 1.82) is 0 Å². The van der Waals surface area contributed by atoms with Gasteiger partial charge < -0.3 is 5.11 Å². The lowest BCUT2D eigenvalue weighted by Gasteiger charge is -2.33. The molecule has 25 heavy (non-hydrogen) atoms. The van der Waals surface area contributed by atoms with Crippen molar-refractivity contribution in [3.63, 3.8) is 0 Å². The van der Waals surface area contributed by atoms with Crippen molar-refractivity contribution in [3.05, 3.63) is 69.2 Å². The average Bonchev–Trinajstić information content (AvgIpc) is 2.92. The molecule has 0 radical (unpaired) electrons. The Bertz CT molecular complexity index is 776. The van der Waals surface area contributed by atoms with Crippen LogP contribution in [0.5, 0.6) is 0 Å². The first-order valence-electron chi connectivity index (χ1n) is 8.36. The molecule has 0 heterocycles. The summed E-state index contributed by atoms with van der Waals surface area (Å²) in [6, 6.07) is 14.1. The van der Waals surface area contributed by atoms with Gasteiger partial charge in [0.1, 0.15) is 0 Å². The highest BCUT2D eigenvalue weighted by Gasteiger charge is 2.40. The van der Waals surface area contributed by atoms with Gasteiger partial charge in [0.25, 0.3) is 0 Å². The Balaban J connectivity index is 1.96. The Morgan fingerprint density at radius 2 is 1.84 bits per heavy atom. The molecule has 3 rings (SSSR count). The molecule has 3 nitrogen and oxygen atoms in total. The minimum Gasteiger partial charge on any atom is -0.480 e. The number of hydrogen-bond acceptors (Lipinski definition) is 2. The van der Waals surface area contributed by atoms with Crippen LogP contribution in [0, 0.1) is 0 Å². The third-order valence-corrected chi connectivity index (χ3v) is 5.61. The molecule has 1 N–H and O–H groups in total. The number of carbonyl (C=O) groups is 1. The highest BCUT2D eigenvalue weighted by atomic mass is 35.5. The van der Waals surface area contributed by atoms with Gasteiger partial charge in [-0.2, -0.15) is 0 Å². The van der Waals surface area contributed by atoms with Gasteiger partial charge in [-0.15, -0.1) is 0 Å². The first-order chi connectivity index (χ1) is 11.9. The molecule has 2 aromatic carbocycles. The topological polar surface area (TPSA) is 40.5 Å². The van der Waals surface area contributed by atoms with Gasteiger partial charge in [-0.25, -0.2) is 0 Å². The second-order valence-corrected chi connectivity index (χ2v) is 7.64. The van der Waals surface area contributed by atoms with Crippen molar-refractivity contribution in [1.82, 2.24) is 4.90 Å². The maximum absolute atomic E-state index is 11.0. The summed E-state index contributed by atoms with van der Waals surface area (Å²) in [5.41, 5.74) is 3.67. The van der Waals surface area contributed by atoms with Gasteiger partial charge in [0.15, 0.2) is 0 Å². The van der Waals surface area contributed by atoms with Crippen molar-refractivity contribution in [3.8, 4) is 0 Å². The highest BCUT2D eigenvalue weighted by molar-refractivity contribution is 6.30. The van der Waals surface area contributed by atoms with E-state index >= 15 is 0 Å². The smallest absolute Gasteiger partial charge is 0.317 e. The summed E-state index contributed by atoms with van der Waals surface area (Å²) in [7, 11) is 1.85. The predicted molar refractivity (Wildman–Crippen MR) is 102 cm³/mol. The van der Waals surface area contributed by atoms with E-state index in [0.29, 0.717) is 6.54 Å². The van der Waals surface area contributed by atoms with Crippen LogP contribution in [0.4, 0.5) is 0 Å². The summed E-state index contributed by atoms with van der Waals surface area (Å²) in [4.78, 5) is 12.8. The van der Waals surface area contributed by atoms with Gasteiger partial charge in [0, 0.05) is 15.5 Å². The largest absolute Gasteiger partial charge is 0.480 e. The van der Waals surface area contributed by atoms with Crippen LogP contribution in [0.15, 0.2) is 42.5 Å². The van der Waals surface area contributed by atoms with Gasteiger partial charge >= 0.3 is 5.97 Å². The van der Waals surface area contributed by atoms with E-state index in [1.165, 1.54) is 16.7 Å². The Hall–Kier alpha value is -1.55. The molecule has 0 spiro atoms. The number of rotatable bonds is 6. The second-order valence-electron chi connectivity index (χ2n) is 6.77. The number of likely N-dealkylation sites (N-methyl/N-ethyl adjacent to an activating group) is 1. The number of carboxylic acid groups (broad SMARTS) is 1. The number of aliphatic carboxylic acids is 1. The van der Waals surface area contributed by atoms with Gasteiger partial charge in [0.2, 0.25) is 0 Å². The van der Waals surface area contributed by atoms with Crippen LogP contribution in [0.1, 0.15) is 29.5 Å². The number of carboxylic acids is 1. The van der Waals surface area contributed by atoms with E-state index in [1.54, 1.807) is 0 Å². The molecule has 2 aromatic rings. The SMILES string of the molecule is CN(CC[C@@]1(c2ccc(Cl)cc2)CCc2cc(Cl)ccc21)CC(=O)O. The van der Waals surface area contributed by atoms with Gasteiger partial charge in [-0.1, -0.05) is 41.4 Å². The van der Waals surface area contributed by atoms with Crippen molar-refractivity contribution in [2.45, 2.75) is 24.7 Å². The van der Waals surface area contributed by atoms with Crippen molar-refractivity contribution < 1.29 is 9.90 Å². The molecule has 1 aliphatic carbocycles. The molecule has 0 saturated heterocycles. The molecule has 1 atom stereocenters. The quantitative estimate of drug-likeness (QED) is 0.797. The van der Waals surface area contributed by atoms with Gasteiger partial charge in [0.05, 0.1) is 6.54 Å². The van der Waals surface area contributed by atoms with Crippen LogP contribution in [0.3, 0.4) is 0 Å². The molecule has 0 unspecified atom stereocenters. The fourth-order valence-electron chi connectivity index (χ4n) is 3.88. The third-order valence-electron chi connectivity index (χ3n) is 5.13. The van der Waals surface area contributed by atoms with Crippen molar-refractivity contribution in [2.24, 2.45) is 0 Å². The maximum atomic E-state index is 11.0. The Kier molecular flexibility index (Phi) is 5.38. The van der Waals surface area contributed by atoms with Crippen LogP contribution in [-0.2, 0) is 16.6 Å². The molecule has 0 amide bonds. The molecule has 0 aromatic heterocycles. The molecular weight excluding hydrogens is 357 g/mol. The monoisotopic (exact) mass is 377 g/mol. The molecule has 0 saturated carbocycles. The fourth-order valence-corrected chi connectivity index (χ4v) is 4.20. The summed E-state index contributed by atoms with van der Waals surface area (Å²) in [5, 5.41) is 10.5. The first-order valence-corrected chi connectivity index (χ1v) is 9.11. The number of halogens is 2. The van der Waals surface area contributed by atoms with Crippen LogP contribution in [0.25, 0.3) is 0 Å². The minimum atomic E-state index is -0.804. The maximum Gasteiger partial charge on any atom is 0.317 e. The zero-order valence-corrected chi connectivity index (χ0v) is 15.6. The first kappa shape index (κ1) is 18.2. The minimum absolute atomic E-state index is 0.0458. The van der Waals surface area contributed by atoms with Gasteiger partial charge in [-0.05, 0) is 73.8 Å². The lowest BCUT2D eigenvalue weighted by Crippen LogP contribution is -2.33. The van der Waals surface area contributed by atoms with E-state index in [9.17, 15) is 4.79 Å². The van der Waals surface area contributed by atoms with E-state index in [1.807, 2.05) is 30.1 Å². The van der Waals surface area contributed by atoms with E-state index in [2.05, 4.69) is 24.3 Å². The summed E-state index contributed by atoms with van der Waals surface area (Å²) in [6.07, 6.45) is 2.82. The number of aryl methyl sites for hydroxylation is 1. The Morgan fingerprint density at radius 1 is 1.16 bits per heavy atom. The summed E-state index contributed by atoms with van der Waals surface area (Å²) in [6.45, 7) is 0.751. The summed E-state index contributed by atoms with van der Waals surface area (Å²) in [5.74, 6) is -0.804. The van der Waals surface area contributed by atoms with Crippen molar-refractivity contribution >= 4 is 29.2 Å². The summed E-state index contributed by atoms with van der Waals surface area (Å²) >= 11 is 12.3. The van der Waals surface area contributed by atoms with Crippen LogP contribution in [0.2, 0.25) is 10.0 Å². The van der Waals surface area contributed by atoms with Crippen LogP contribution in [-0.4, -0.2) is 36.1 Å². The average molecular weight is 378 g/mol. The molecule has 0 fully saturated rings. The lowest BCUT2D eigenvalue weighted by atomic mass is 9.73. The van der Waals surface area contributed by atoms with E-state index in [-0.39, 0.29) is 12.0 Å². The highest BCUT2D eigenvalue weighted by Crippen LogP contribution is 2.47. The molecule has 0 bridgehead atoms. The second kappa shape index (κ2) is 7.36. The summed E-state index contributed by atoms with van der Waals surface area (Å²) < 4.78 is 0. The molecule has 0 aliphatic heterocycles. The fraction of sp³-hybridized carbons (Fsp3) is 0.350. The van der Waals surface area contributed by atoms with Crippen LogP contribution < -0.4 is 0 Å².